The Morgan fingerprint density at radius 1 is 1.67 bits per heavy atom. The fourth-order valence-electron chi connectivity index (χ4n) is 0.819. The first-order valence-corrected chi connectivity index (χ1v) is 4.71. The summed E-state index contributed by atoms with van der Waals surface area (Å²) in [6.45, 7) is 1.07. The molecule has 0 aromatic carbocycles. The first-order chi connectivity index (χ1) is 5.41. The van der Waals surface area contributed by atoms with E-state index in [1.807, 2.05) is 0 Å². The van der Waals surface area contributed by atoms with Crippen molar-refractivity contribution in [1.29, 1.82) is 0 Å². The first-order valence-electron chi connectivity index (χ1n) is 3.13. The molecule has 1 fully saturated rings. The van der Waals surface area contributed by atoms with Crippen LogP contribution < -0.4 is 0 Å². The van der Waals surface area contributed by atoms with Gasteiger partial charge in [0.25, 0.3) is 16.5 Å². The predicted octanol–water partition coefficient (Wildman–Crippen LogP) is -0.426. The van der Waals surface area contributed by atoms with Crippen molar-refractivity contribution < 1.29 is 26.5 Å². The summed E-state index contributed by atoms with van der Waals surface area (Å²) in [5, 5.41) is 0. The SMILES string of the molecule is CC(=O)OC1CS(=O)(=O)OC1F. The summed E-state index contributed by atoms with van der Waals surface area (Å²) < 4.78 is 42.0. The van der Waals surface area contributed by atoms with Crippen molar-refractivity contribution in [2.24, 2.45) is 0 Å². The molecule has 2 atom stereocenters. The van der Waals surface area contributed by atoms with Gasteiger partial charge in [0.15, 0.2) is 6.10 Å². The van der Waals surface area contributed by atoms with Crippen LogP contribution in [0, 0.1) is 0 Å². The second-order valence-corrected chi connectivity index (χ2v) is 3.96. The molecule has 0 amide bonds. The molecule has 0 saturated carbocycles. The number of halogens is 1. The minimum Gasteiger partial charge on any atom is -0.456 e. The van der Waals surface area contributed by atoms with E-state index >= 15 is 0 Å². The van der Waals surface area contributed by atoms with Crippen molar-refractivity contribution in [2.45, 2.75) is 19.4 Å². The molecule has 12 heavy (non-hydrogen) atoms. The van der Waals surface area contributed by atoms with Crippen LogP contribution >= 0.6 is 0 Å². The van der Waals surface area contributed by atoms with Crippen LogP contribution in [0.2, 0.25) is 0 Å². The van der Waals surface area contributed by atoms with Crippen LogP contribution in [-0.2, 0) is 23.8 Å². The van der Waals surface area contributed by atoms with Crippen LogP contribution in [0.15, 0.2) is 0 Å². The van der Waals surface area contributed by atoms with Gasteiger partial charge in [0.1, 0.15) is 5.75 Å². The Hall–Kier alpha value is -0.690. The maximum Gasteiger partial charge on any atom is 0.303 e. The van der Waals surface area contributed by atoms with Crippen LogP contribution in [0.1, 0.15) is 6.92 Å². The van der Waals surface area contributed by atoms with E-state index in [9.17, 15) is 17.6 Å². The Morgan fingerprint density at radius 2 is 2.25 bits per heavy atom. The molecule has 7 heteroatoms. The number of hydrogen-bond acceptors (Lipinski definition) is 5. The molecule has 1 rings (SSSR count). The molecule has 2 unspecified atom stereocenters. The summed E-state index contributed by atoms with van der Waals surface area (Å²) in [6.07, 6.45) is -3.40. The van der Waals surface area contributed by atoms with Gasteiger partial charge in [-0.2, -0.15) is 8.42 Å². The van der Waals surface area contributed by atoms with Gasteiger partial charge in [0, 0.05) is 6.92 Å². The highest BCUT2D eigenvalue weighted by Crippen LogP contribution is 2.20. The minimum absolute atomic E-state index is 0.617. The zero-order chi connectivity index (χ0) is 9.35. The van der Waals surface area contributed by atoms with Crippen LogP contribution in [0.25, 0.3) is 0 Å². The van der Waals surface area contributed by atoms with Gasteiger partial charge in [0.2, 0.25) is 0 Å². The summed E-state index contributed by atoms with van der Waals surface area (Å²) in [5.74, 6) is -1.35. The molecule has 70 valence electrons. The molecule has 0 aromatic heterocycles. The van der Waals surface area contributed by atoms with E-state index in [4.69, 9.17) is 0 Å². The van der Waals surface area contributed by atoms with E-state index < -0.39 is 34.3 Å². The van der Waals surface area contributed by atoms with Gasteiger partial charge in [-0.15, -0.1) is 0 Å². The maximum atomic E-state index is 12.6. The second kappa shape index (κ2) is 2.98. The Bertz CT molecular complexity index is 284. The topological polar surface area (TPSA) is 69.7 Å². The molecule has 0 radical (unpaired) electrons. The quantitative estimate of drug-likeness (QED) is 0.422. The lowest BCUT2D eigenvalue weighted by Gasteiger charge is -2.07. The second-order valence-electron chi connectivity index (χ2n) is 2.32. The Labute approximate surface area is 68.6 Å². The zero-order valence-corrected chi connectivity index (χ0v) is 7.01. The fourth-order valence-corrected chi connectivity index (χ4v) is 1.92. The average Bonchev–Trinajstić information content (AvgIpc) is 2.03. The molecule has 0 N–H and O–H groups in total. The third-order valence-electron chi connectivity index (χ3n) is 1.22. The highest BCUT2D eigenvalue weighted by Gasteiger charge is 2.41. The minimum atomic E-state index is -3.84. The van der Waals surface area contributed by atoms with Crippen molar-refractivity contribution in [3.8, 4) is 0 Å². The van der Waals surface area contributed by atoms with Gasteiger partial charge in [-0.3, -0.25) is 4.79 Å². The molecule has 0 aromatic rings. The molecule has 0 aliphatic carbocycles. The Kier molecular flexibility index (Phi) is 2.34. The Morgan fingerprint density at radius 3 is 2.58 bits per heavy atom. The van der Waals surface area contributed by atoms with Gasteiger partial charge in [0.05, 0.1) is 0 Å². The van der Waals surface area contributed by atoms with Gasteiger partial charge < -0.3 is 4.74 Å². The summed E-state index contributed by atoms with van der Waals surface area (Å²) in [5.41, 5.74) is 0. The summed E-state index contributed by atoms with van der Waals surface area (Å²) in [4.78, 5) is 10.3. The van der Waals surface area contributed by atoms with Gasteiger partial charge >= 0.3 is 5.97 Å². The van der Waals surface area contributed by atoms with Gasteiger partial charge in [-0.1, -0.05) is 0 Å². The molecular formula is C5H7FO5S. The van der Waals surface area contributed by atoms with E-state index in [1.54, 1.807) is 0 Å². The lowest BCUT2D eigenvalue weighted by Crippen LogP contribution is -2.25. The van der Waals surface area contributed by atoms with Crippen molar-refractivity contribution in [3.05, 3.63) is 0 Å². The van der Waals surface area contributed by atoms with Gasteiger partial charge in [-0.05, 0) is 0 Å². The zero-order valence-electron chi connectivity index (χ0n) is 6.19. The molecule has 0 bridgehead atoms. The lowest BCUT2D eigenvalue weighted by molar-refractivity contribution is -0.152. The molecular weight excluding hydrogens is 191 g/mol. The van der Waals surface area contributed by atoms with Crippen molar-refractivity contribution in [2.75, 3.05) is 5.75 Å². The Balaban J connectivity index is 2.64. The van der Waals surface area contributed by atoms with Crippen LogP contribution in [0.3, 0.4) is 0 Å². The van der Waals surface area contributed by atoms with E-state index in [0.29, 0.717) is 0 Å². The van der Waals surface area contributed by atoms with E-state index in [1.165, 1.54) is 0 Å². The summed E-state index contributed by atoms with van der Waals surface area (Å²) in [6, 6.07) is 0. The molecule has 1 heterocycles. The number of ether oxygens (including phenoxy) is 1. The van der Waals surface area contributed by atoms with Crippen LogP contribution in [0.5, 0.6) is 0 Å². The monoisotopic (exact) mass is 198 g/mol. The molecule has 0 spiro atoms. The first kappa shape index (κ1) is 9.40. The van der Waals surface area contributed by atoms with E-state index in [2.05, 4.69) is 8.92 Å². The number of carbonyl (C=O) groups is 1. The molecule has 1 aliphatic rings. The standard InChI is InChI=1S/C5H7FO5S/c1-3(7)10-4-2-12(8,9)11-5(4)6/h4-5H,2H2,1H3. The average molecular weight is 198 g/mol. The van der Waals surface area contributed by atoms with Crippen molar-refractivity contribution >= 4 is 16.1 Å². The number of rotatable bonds is 1. The van der Waals surface area contributed by atoms with Gasteiger partial charge in [-0.25, -0.2) is 8.57 Å². The third-order valence-corrected chi connectivity index (χ3v) is 2.43. The lowest BCUT2D eigenvalue weighted by atomic mass is 10.4. The highest BCUT2D eigenvalue weighted by molar-refractivity contribution is 7.87. The highest BCUT2D eigenvalue weighted by atomic mass is 32.2. The van der Waals surface area contributed by atoms with Crippen molar-refractivity contribution in [1.82, 2.24) is 0 Å². The van der Waals surface area contributed by atoms with Crippen LogP contribution in [0.4, 0.5) is 4.39 Å². The number of alkyl halides is 1. The van der Waals surface area contributed by atoms with E-state index in [0.717, 1.165) is 6.92 Å². The fraction of sp³-hybridized carbons (Fsp3) is 0.800. The third kappa shape index (κ3) is 2.15. The molecule has 1 saturated heterocycles. The number of carbonyl (C=O) groups excluding carboxylic acids is 1. The molecule has 5 nitrogen and oxygen atoms in total. The maximum absolute atomic E-state index is 12.6. The smallest absolute Gasteiger partial charge is 0.303 e. The van der Waals surface area contributed by atoms with E-state index in [-0.39, 0.29) is 0 Å². The number of esters is 1. The predicted molar refractivity (Wildman–Crippen MR) is 35.3 cm³/mol. The largest absolute Gasteiger partial charge is 0.456 e. The molecule has 1 aliphatic heterocycles. The van der Waals surface area contributed by atoms with Crippen LogP contribution in [-0.4, -0.2) is 32.6 Å². The normalized spacial score (nSPS) is 33.2. The number of hydrogen-bond donors (Lipinski definition) is 0. The summed E-state index contributed by atoms with van der Waals surface area (Å²) >= 11 is 0. The summed E-state index contributed by atoms with van der Waals surface area (Å²) in [7, 11) is -3.84. The van der Waals surface area contributed by atoms with Crippen molar-refractivity contribution in [3.63, 3.8) is 0 Å².